The van der Waals surface area contributed by atoms with Crippen LogP contribution in [0.3, 0.4) is 0 Å². The molecule has 0 radical (unpaired) electrons. The first-order chi connectivity index (χ1) is 17.0. The number of ether oxygens (including phenoxy) is 1. The number of rotatable bonds is 6. The maximum absolute atomic E-state index is 11.1. The van der Waals surface area contributed by atoms with Gasteiger partial charge in [0.2, 0.25) is 23.6 Å². The van der Waals surface area contributed by atoms with E-state index in [-0.39, 0.29) is 5.97 Å². The number of benzene rings is 3. The fraction of sp³-hybridized carbons (Fsp3) is 0.0741. The van der Waals surface area contributed by atoms with Crippen molar-refractivity contribution < 1.29 is 18.4 Å². The summed E-state index contributed by atoms with van der Waals surface area (Å²) in [6.45, 7) is 7.26. The lowest BCUT2D eigenvalue weighted by atomic mass is 10.1. The number of hydrogen-bond donors (Lipinski definition) is 0. The fourth-order valence-corrected chi connectivity index (χ4v) is 3.40. The number of carbonyl (C=O) groups is 1. The highest BCUT2D eigenvalue weighted by Crippen LogP contribution is 2.29. The van der Waals surface area contributed by atoms with Gasteiger partial charge in [-0.1, -0.05) is 24.3 Å². The molecule has 5 aromatic rings. The van der Waals surface area contributed by atoms with E-state index in [1.807, 2.05) is 55.5 Å². The van der Waals surface area contributed by atoms with Crippen LogP contribution in [0.1, 0.15) is 19.4 Å². The molecule has 5 rings (SSSR count). The predicted octanol–water partition coefficient (Wildman–Crippen LogP) is 6.08. The van der Waals surface area contributed by atoms with Gasteiger partial charge >= 0.3 is 5.97 Å². The summed E-state index contributed by atoms with van der Waals surface area (Å²) < 4.78 is 16.7. The molecular weight excluding hydrogens is 444 g/mol. The van der Waals surface area contributed by atoms with E-state index in [4.69, 9.17) is 13.6 Å². The second-order valence-corrected chi connectivity index (χ2v) is 7.88. The molecule has 2 aromatic heterocycles. The van der Waals surface area contributed by atoms with Crippen molar-refractivity contribution in [3.05, 3.63) is 84.9 Å². The van der Waals surface area contributed by atoms with Crippen molar-refractivity contribution in [3.63, 3.8) is 0 Å². The van der Waals surface area contributed by atoms with Crippen LogP contribution in [0.2, 0.25) is 0 Å². The standard InChI is InChI=1S/C27H20N4O4/c1-16(2)18-4-6-19(7-5-18)24-28-29-25(34-24)20-8-10-21(11-9-20)26-30-31-27(35-26)22-12-14-23(15-13-22)33-17(3)32/h4-15H,1H2,2-3H3. The van der Waals surface area contributed by atoms with Gasteiger partial charge in [0.15, 0.2) is 0 Å². The van der Waals surface area contributed by atoms with Gasteiger partial charge in [0.1, 0.15) is 5.75 Å². The van der Waals surface area contributed by atoms with Crippen LogP contribution < -0.4 is 4.74 Å². The van der Waals surface area contributed by atoms with Gasteiger partial charge in [-0.05, 0) is 73.2 Å². The number of aromatic nitrogens is 4. The normalized spacial score (nSPS) is 10.8. The van der Waals surface area contributed by atoms with Crippen molar-refractivity contribution in [2.75, 3.05) is 0 Å². The SMILES string of the molecule is C=C(C)c1ccc(-c2nnc(-c3ccc(-c4nnc(-c5ccc(OC(C)=O)cc5)o4)cc3)o2)cc1. The Labute approximate surface area is 200 Å². The molecular formula is C27H20N4O4. The molecule has 8 nitrogen and oxygen atoms in total. The molecule has 0 bridgehead atoms. The van der Waals surface area contributed by atoms with Crippen molar-refractivity contribution in [2.24, 2.45) is 0 Å². The van der Waals surface area contributed by atoms with E-state index in [0.717, 1.165) is 27.8 Å². The quantitative estimate of drug-likeness (QED) is 0.220. The van der Waals surface area contributed by atoms with Crippen LogP contribution in [-0.2, 0) is 4.79 Å². The summed E-state index contributed by atoms with van der Waals surface area (Å²) in [6.07, 6.45) is 0. The molecule has 2 heterocycles. The maximum Gasteiger partial charge on any atom is 0.308 e. The second kappa shape index (κ2) is 9.18. The molecule has 0 aliphatic heterocycles. The molecule has 0 unspecified atom stereocenters. The van der Waals surface area contributed by atoms with E-state index >= 15 is 0 Å². The fourth-order valence-electron chi connectivity index (χ4n) is 3.40. The van der Waals surface area contributed by atoms with E-state index in [0.29, 0.717) is 34.9 Å². The van der Waals surface area contributed by atoms with Gasteiger partial charge in [-0.15, -0.1) is 20.4 Å². The van der Waals surface area contributed by atoms with Gasteiger partial charge < -0.3 is 13.6 Å². The highest BCUT2D eigenvalue weighted by atomic mass is 16.5. The Morgan fingerprint density at radius 2 is 0.971 bits per heavy atom. The van der Waals surface area contributed by atoms with Gasteiger partial charge in [-0.2, -0.15) is 0 Å². The highest BCUT2D eigenvalue weighted by molar-refractivity contribution is 5.70. The van der Waals surface area contributed by atoms with Gasteiger partial charge in [-0.3, -0.25) is 4.79 Å². The number of allylic oxidation sites excluding steroid dienone is 1. The third-order valence-corrected chi connectivity index (χ3v) is 5.22. The predicted molar refractivity (Wildman–Crippen MR) is 130 cm³/mol. The zero-order valence-electron chi connectivity index (χ0n) is 19.1. The lowest BCUT2D eigenvalue weighted by Gasteiger charge is -2.01. The molecule has 0 saturated heterocycles. The summed E-state index contributed by atoms with van der Waals surface area (Å²) >= 11 is 0. The van der Waals surface area contributed by atoms with Crippen molar-refractivity contribution >= 4 is 11.5 Å². The van der Waals surface area contributed by atoms with Crippen LogP contribution in [0.4, 0.5) is 0 Å². The van der Waals surface area contributed by atoms with E-state index in [2.05, 4.69) is 27.0 Å². The minimum atomic E-state index is -0.379. The summed E-state index contributed by atoms with van der Waals surface area (Å²) in [7, 11) is 0. The minimum absolute atomic E-state index is 0.359. The summed E-state index contributed by atoms with van der Waals surface area (Å²) in [5.41, 5.74) is 5.13. The molecule has 0 spiro atoms. The first-order valence-corrected chi connectivity index (χ1v) is 10.8. The number of hydrogen-bond acceptors (Lipinski definition) is 8. The Hall–Kier alpha value is -4.85. The Bertz CT molecular complexity index is 1500. The summed E-state index contributed by atoms with van der Waals surface area (Å²) in [5, 5.41) is 16.6. The molecule has 0 fully saturated rings. The lowest BCUT2D eigenvalue weighted by Crippen LogP contribution is -2.00. The first-order valence-electron chi connectivity index (χ1n) is 10.8. The van der Waals surface area contributed by atoms with Crippen LogP contribution in [0.5, 0.6) is 5.75 Å². The smallest absolute Gasteiger partial charge is 0.308 e. The first kappa shape index (κ1) is 22.0. The third-order valence-electron chi connectivity index (χ3n) is 5.22. The Morgan fingerprint density at radius 3 is 1.31 bits per heavy atom. The number of nitrogens with zero attached hydrogens (tertiary/aromatic N) is 4. The molecule has 35 heavy (non-hydrogen) atoms. The van der Waals surface area contributed by atoms with E-state index in [1.54, 1.807) is 24.3 Å². The topological polar surface area (TPSA) is 104 Å². The molecule has 0 atom stereocenters. The highest BCUT2D eigenvalue weighted by Gasteiger charge is 2.14. The molecule has 0 aliphatic carbocycles. The van der Waals surface area contributed by atoms with Gasteiger partial charge in [0.05, 0.1) is 0 Å². The molecule has 8 heteroatoms. The molecule has 0 saturated carbocycles. The summed E-state index contributed by atoms with van der Waals surface area (Å²) in [5.74, 6) is 1.66. The average molecular weight is 464 g/mol. The third kappa shape index (κ3) is 4.77. The summed E-state index contributed by atoms with van der Waals surface area (Å²) in [6, 6.07) is 22.1. The molecule has 0 amide bonds. The maximum atomic E-state index is 11.1. The molecule has 172 valence electrons. The van der Waals surface area contributed by atoms with Gasteiger partial charge in [0.25, 0.3) is 0 Å². The van der Waals surface area contributed by atoms with Crippen LogP contribution in [0.15, 0.2) is 88.2 Å². The van der Waals surface area contributed by atoms with E-state index in [1.165, 1.54) is 6.92 Å². The minimum Gasteiger partial charge on any atom is -0.427 e. The van der Waals surface area contributed by atoms with Gasteiger partial charge in [0, 0.05) is 29.2 Å². The summed E-state index contributed by atoms with van der Waals surface area (Å²) in [4.78, 5) is 11.1. The van der Waals surface area contributed by atoms with E-state index < -0.39 is 0 Å². The van der Waals surface area contributed by atoms with Crippen LogP contribution in [0.25, 0.3) is 51.4 Å². The van der Waals surface area contributed by atoms with Crippen molar-refractivity contribution in [1.29, 1.82) is 0 Å². The monoisotopic (exact) mass is 464 g/mol. The van der Waals surface area contributed by atoms with Crippen molar-refractivity contribution in [3.8, 4) is 51.6 Å². The zero-order chi connectivity index (χ0) is 24.4. The Kier molecular flexibility index (Phi) is 5.76. The number of esters is 1. The van der Waals surface area contributed by atoms with Crippen molar-refractivity contribution in [2.45, 2.75) is 13.8 Å². The Morgan fingerprint density at radius 1 is 0.629 bits per heavy atom. The average Bonchev–Trinajstić information content (AvgIpc) is 3.55. The zero-order valence-corrected chi connectivity index (χ0v) is 19.1. The molecule has 0 N–H and O–H groups in total. The van der Waals surface area contributed by atoms with Crippen LogP contribution >= 0.6 is 0 Å². The van der Waals surface area contributed by atoms with Gasteiger partial charge in [-0.25, -0.2) is 0 Å². The molecule has 3 aromatic carbocycles. The van der Waals surface area contributed by atoms with Crippen LogP contribution in [0, 0.1) is 0 Å². The second-order valence-electron chi connectivity index (χ2n) is 7.88. The van der Waals surface area contributed by atoms with E-state index in [9.17, 15) is 4.79 Å². The molecule has 0 aliphatic rings. The van der Waals surface area contributed by atoms with Crippen LogP contribution in [-0.4, -0.2) is 26.4 Å². The largest absolute Gasteiger partial charge is 0.427 e. The van der Waals surface area contributed by atoms with Crippen molar-refractivity contribution in [1.82, 2.24) is 20.4 Å². The Balaban J connectivity index is 1.31. The number of carbonyl (C=O) groups excluding carboxylic acids is 1. The lowest BCUT2D eigenvalue weighted by molar-refractivity contribution is -0.131.